The smallest absolute Gasteiger partial charge is 0.220 e. The summed E-state index contributed by atoms with van der Waals surface area (Å²) in [7, 11) is 0. The molecule has 0 radical (unpaired) electrons. The number of rotatable bonds is 7. The molecule has 1 aromatic carbocycles. The zero-order valence-electron chi connectivity index (χ0n) is 13.4. The van der Waals surface area contributed by atoms with Crippen molar-refractivity contribution in [1.29, 1.82) is 0 Å². The second-order valence-electron chi connectivity index (χ2n) is 6.02. The summed E-state index contributed by atoms with van der Waals surface area (Å²) in [6.07, 6.45) is 0.887. The van der Waals surface area contributed by atoms with Gasteiger partial charge in [-0.05, 0) is 57.1 Å². The van der Waals surface area contributed by atoms with Crippen molar-refractivity contribution in [3.05, 3.63) is 29.8 Å². The normalized spacial score (nSPS) is 17.7. The number of aliphatic hydroxyl groups excluding tert-OH is 1. The summed E-state index contributed by atoms with van der Waals surface area (Å²) in [6.45, 7) is 3.74. The van der Waals surface area contributed by atoms with Gasteiger partial charge in [0.1, 0.15) is 18.5 Å². The lowest BCUT2D eigenvalue weighted by molar-refractivity contribution is -0.123. The number of hydrogen-bond acceptors (Lipinski definition) is 5. The largest absolute Gasteiger partial charge is 0.491 e. The van der Waals surface area contributed by atoms with E-state index in [1.165, 1.54) is 6.92 Å². The first-order valence-corrected chi connectivity index (χ1v) is 7.89. The minimum Gasteiger partial charge on any atom is -0.491 e. The topological polar surface area (TPSA) is 92.9 Å². The summed E-state index contributed by atoms with van der Waals surface area (Å²) in [6, 6.07) is 6.86. The minimum absolute atomic E-state index is 0.0101. The van der Waals surface area contributed by atoms with Crippen molar-refractivity contribution in [3.63, 3.8) is 0 Å². The minimum atomic E-state index is -0.604. The summed E-state index contributed by atoms with van der Waals surface area (Å²) in [5.74, 6) is 0.361. The molecule has 23 heavy (non-hydrogen) atoms. The monoisotopic (exact) mass is 320 g/mol. The standard InChI is InChI=1S/C17H24N2O4/c1-12(20)13-2-4-16(5-3-13)23-11-15(21)10-19-8-6-14(7-9-19)17(18)22/h2-5,14-15,21H,6-11H2,1H3,(H2,18,22). The first kappa shape index (κ1) is 17.4. The van der Waals surface area contributed by atoms with Gasteiger partial charge in [-0.15, -0.1) is 0 Å². The number of benzene rings is 1. The summed E-state index contributed by atoms with van der Waals surface area (Å²) >= 11 is 0. The van der Waals surface area contributed by atoms with E-state index in [1.807, 2.05) is 0 Å². The molecule has 1 amide bonds. The summed E-state index contributed by atoms with van der Waals surface area (Å²) < 4.78 is 5.54. The number of nitrogens with two attached hydrogens (primary N) is 1. The number of Topliss-reactive ketones (excluding diaryl/α,β-unsaturated/α-hetero) is 1. The highest BCUT2D eigenvalue weighted by Crippen LogP contribution is 2.17. The van der Waals surface area contributed by atoms with Crippen molar-refractivity contribution < 1.29 is 19.4 Å². The zero-order chi connectivity index (χ0) is 16.8. The maximum Gasteiger partial charge on any atom is 0.220 e. The molecule has 0 bridgehead atoms. The van der Waals surface area contributed by atoms with Crippen LogP contribution in [-0.2, 0) is 4.79 Å². The second kappa shape index (κ2) is 8.08. The van der Waals surface area contributed by atoms with Crippen molar-refractivity contribution in [3.8, 4) is 5.75 Å². The third-order valence-electron chi connectivity index (χ3n) is 4.16. The molecule has 3 N–H and O–H groups in total. The Labute approximate surface area is 136 Å². The molecule has 6 nitrogen and oxygen atoms in total. The maximum absolute atomic E-state index is 11.2. The van der Waals surface area contributed by atoms with Gasteiger partial charge in [-0.3, -0.25) is 9.59 Å². The highest BCUT2D eigenvalue weighted by atomic mass is 16.5. The zero-order valence-corrected chi connectivity index (χ0v) is 13.4. The van der Waals surface area contributed by atoms with Crippen LogP contribution in [0.15, 0.2) is 24.3 Å². The average molecular weight is 320 g/mol. The molecular formula is C17H24N2O4. The van der Waals surface area contributed by atoms with E-state index in [-0.39, 0.29) is 24.2 Å². The molecule has 1 aliphatic rings. The number of primary amides is 1. The molecule has 1 heterocycles. The molecule has 0 spiro atoms. The van der Waals surface area contributed by atoms with Crippen LogP contribution in [0.3, 0.4) is 0 Å². The Balaban J connectivity index is 1.72. The lowest BCUT2D eigenvalue weighted by atomic mass is 9.96. The number of ketones is 1. The van der Waals surface area contributed by atoms with E-state index < -0.39 is 6.10 Å². The summed E-state index contributed by atoms with van der Waals surface area (Å²) in [5.41, 5.74) is 5.94. The Bertz CT molecular complexity index is 536. The van der Waals surface area contributed by atoms with Gasteiger partial charge in [0.15, 0.2) is 5.78 Å². The number of carbonyl (C=O) groups excluding carboxylic acids is 2. The first-order valence-electron chi connectivity index (χ1n) is 7.89. The number of nitrogens with zero attached hydrogens (tertiary/aromatic N) is 1. The molecule has 6 heteroatoms. The fourth-order valence-corrected chi connectivity index (χ4v) is 2.73. The number of aliphatic hydroxyl groups is 1. The SMILES string of the molecule is CC(=O)c1ccc(OCC(O)CN2CCC(C(N)=O)CC2)cc1. The fraction of sp³-hybridized carbons (Fsp3) is 0.529. The van der Waals surface area contributed by atoms with Crippen LogP contribution < -0.4 is 10.5 Å². The summed E-state index contributed by atoms with van der Waals surface area (Å²) in [4.78, 5) is 24.4. The van der Waals surface area contributed by atoms with E-state index in [9.17, 15) is 14.7 Å². The number of amides is 1. The van der Waals surface area contributed by atoms with Gasteiger partial charge in [0.2, 0.25) is 5.91 Å². The van der Waals surface area contributed by atoms with Crippen LogP contribution >= 0.6 is 0 Å². The third-order valence-corrected chi connectivity index (χ3v) is 4.16. The molecule has 1 unspecified atom stereocenters. The van der Waals surface area contributed by atoms with E-state index in [4.69, 9.17) is 10.5 Å². The van der Waals surface area contributed by atoms with E-state index in [2.05, 4.69) is 4.90 Å². The van der Waals surface area contributed by atoms with Crippen molar-refractivity contribution in [2.75, 3.05) is 26.2 Å². The predicted molar refractivity (Wildman–Crippen MR) is 86.3 cm³/mol. The number of likely N-dealkylation sites (tertiary alicyclic amines) is 1. The molecule has 1 fully saturated rings. The lowest BCUT2D eigenvalue weighted by Gasteiger charge is -2.31. The van der Waals surface area contributed by atoms with Crippen LogP contribution in [0.2, 0.25) is 0 Å². The Morgan fingerprint density at radius 3 is 2.43 bits per heavy atom. The van der Waals surface area contributed by atoms with Crippen LogP contribution in [0.5, 0.6) is 5.75 Å². The van der Waals surface area contributed by atoms with E-state index >= 15 is 0 Å². The van der Waals surface area contributed by atoms with Crippen LogP contribution in [-0.4, -0.2) is 54.0 Å². The maximum atomic E-state index is 11.2. The molecule has 126 valence electrons. The highest BCUT2D eigenvalue weighted by molar-refractivity contribution is 5.94. The van der Waals surface area contributed by atoms with E-state index in [0.29, 0.717) is 17.9 Å². The van der Waals surface area contributed by atoms with Crippen molar-refractivity contribution >= 4 is 11.7 Å². The first-order chi connectivity index (χ1) is 11.0. The molecule has 0 aliphatic carbocycles. The van der Waals surface area contributed by atoms with E-state index in [0.717, 1.165) is 25.9 Å². The number of ether oxygens (including phenoxy) is 1. The molecule has 0 aromatic heterocycles. The number of β-amino-alcohol motifs (C(OH)–C–C–N with tert-alkyl or cyclic N) is 1. The van der Waals surface area contributed by atoms with Gasteiger partial charge >= 0.3 is 0 Å². The Kier molecular flexibility index (Phi) is 6.12. The van der Waals surface area contributed by atoms with Crippen molar-refractivity contribution in [2.24, 2.45) is 11.7 Å². The second-order valence-corrected chi connectivity index (χ2v) is 6.02. The fourth-order valence-electron chi connectivity index (χ4n) is 2.73. The van der Waals surface area contributed by atoms with Crippen LogP contribution in [0, 0.1) is 5.92 Å². The van der Waals surface area contributed by atoms with Gasteiger partial charge < -0.3 is 20.5 Å². The molecule has 1 atom stereocenters. The molecule has 1 aromatic rings. The number of piperidine rings is 1. The molecule has 2 rings (SSSR count). The van der Waals surface area contributed by atoms with Crippen LogP contribution in [0.25, 0.3) is 0 Å². The van der Waals surface area contributed by atoms with Crippen molar-refractivity contribution in [2.45, 2.75) is 25.9 Å². The van der Waals surface area contributed by atoms with Crippen LogP contribution in [0.1, 0.15) is 30.1 Å². The van der Waals surface area contributed by atoms with Gasteiger partial charge in [0.25, 0.3) is 0 Å². The van der Waals surface area contributed by atoms with E-state index in [1.54, 1.807) is 24.3 Å². The molecule has 1 aliphatic heterocycles. The summed E-state index contributed by atoms with van der Waals surface area (Å²) in [5, 5.41) is 10.1. The Morgan fingerprint density at radius 2 is 1.91 bits per heavy atom. The molecule has 1 saturated heterocycles. The van der Waals surface area contributed by atoms with Crippen LogP contribution in [0.4, 0.5) is 0 Å². The molecule has 0 saturated carbocycles. The third kappa shape index (κ3) is 5.33. The van der Waals surface area contributed by atoms with Gasteiger partial charge in [-0.2, -0.15) is 0 Å². The Morgan fingerprint density at radius 1 is 1.30 bits per heavy atom. The molecular weight excluding hydrogens is 296 g/mol. The average Bonchev–Trinajstić information content (AvgIpc) is 2.54. The van der Waals surface area contributed by atoms with Gasteiger partial charge in [0.05, 0.1) is 0 Å². The predicted octanol–water partition coefficient (Wildman–Crippen LogP) is 0.826. The van der Waals surface area contributed by atoms with Gasteiger partial charge in [-0.25, -0.2) is 0 Å². The highest BCUT2D eigenvalue weighted by Gasteiger charge is 2.24. The number of carbonyl (C=O) groups is 2. The van der Waals surface area contributed by atoms with Crippen molar-refractivity contribution in [1.82, 2.24) is 4.90 Å². The quantitative estimate of drug-likeness (QED) is 0.726. The Hall–Kier alpha value is -1.92. The lowest BCUT2D eigenvalue weighted by Crippen LogP contribution is -2.43. The number of hydrogen-bond donors (Lipinski definition) is 2. The van der Waals surface area contributed by atoms with Gasteiger partial charge in [0, 0.05) is 18.0 Å². The van der Waals surface area contributed by atoms with Gasteiger partial charge in [-0.1, -0.05) is 0 Å².